The summed E-state index contributed by atoms with van der Waals surface area (Å²) < 4.78 is 28.2. The third-order valence-corrected chi connectivity index (χ3v) is 9.46. The molecule has 0 saturated carbocycles. The molecule has 0 radical (unpaired) electrons. The summed E-state index contributed by atoms with van der Waals surface area (Å²) in [5.74, 6) is -0.325. The van der Waals surface area contributed by atoms with Gasteiger partial charge in [0.2, 0.25) is 11.5 Å². The largest absolute Gasteiger partial charge is 0.618 e. The lowest BCUT2D eigenvalue weighted by Crippen LogP contribution is -2.46. The molecule has 42 heavy (non-hydrogen) atoms. The second-order valence-corrected chi connectivity index (χ2v) is 12.8. The summed E-state index contributed by atoms with van der Waals surface area (Å²) in [6.07, 6.45) is 8.04. The number of carbonyl (C=O) groups is 1. The first-order valence-electron chi connectivity index (χ1n) is 13.5. The molecule has 2 saturated heterocycles. The zero-order chi connectivity index (χ0) is 29.2. The van der Waals surface area contributed by atoms with Gasteiger partial charge >= 0.3 is 0 Å². The van der Waals surface area contributed by atoms with Gasteiger partial charge in [-0.25, -0.2) is 18.4 Å². The van der Waals surface area contributed by atoms with Gasteiger partial charge in [0.05, 0.1) is 23.0 Å². The van der Waals surface area contributed by atoms with Crippen LogP contribution in [0.4, 0.5) is 5.82 Å². The van der Waals surface area contributed by atoms with E-state index in [1.807, 2.05) is 41.3 Å². The average Bonchev–Trinajstić information content (AvgIpc) is 3.71. The molecule has 7 rings (SSSR count). The molecule has 2 atom stereocenters. The third-order valence-electron chi connectivity index (χ3n) is 8.30. The summed E-state index contributed by atoms with van der Waals surface area (Å²) in [5, 5.41) is 23.8. The van der Waals surface area contributed by atoms with Crippen molar-refractivity contribution >= 4 is 27.2 Å². The van der Waals surface area contributed by atoms with Crippen LogP contribution in [0.3, 0.4) is 0 Å². The zero-order valence-electron chi connectivity index (χ0n) is 22.6. The highest BCUT2D eigenvalue weighted by atomic mass is 32.2. The predicted octanol–water partition coefficient (Wildman–Crippen LogP) is 2.35. The second-order valence-electron chi connectivity index (χ2n) is 10.9. The topological polar surface area (TPSA) is 179 Å². The van der Waals surface area contributed by atoms with Crippen molar-refractivity contribution < 1.29 is 17.9 Å². The summed E-state index contributed by atoms with van der Waals surface area (Å²) in [7, 11) is -3.79. The number of nitrogens with one attached hydrogen (secondary N) is 1. The predicted molar refractivity (Wildman–Crippen MR) is 152 cm³/mol. The minimum Gasteiger partial charge on any atom is -0.618 e. The van der Waals surface area contributed by atoms with Gasteiger partial charge in [-0.1, -0.05) is 18.2 Å². The molecular formula is C28H27N9O4S. The van der Waals surface area contributed by atoms with Gasteiger partial charge in [-0.2, -0.15) is 19.4 Å². The van der Waals surface area contributed by atoms with Crippen LogP contribution in [0, 0.1) is 5.21 Å². The summed E-state index contributed by atoms with van der Waals surface area (Å²) in [5.41, 5.74) is 9.60. The molecule has 2 aliphatic rings. The normalized spacial score (nSPS) is 20.3. The standard InChI is InChI=1S/C28H27N9O4S/c1-42(40,41)24-23(18-11-19-8-9-20(12-18)36(19)28(38)26-30-15-31-34-26)33-27-21(13-32-37(27)25(24)29)17-7-10-22(35(39)14-17)16-5-3-2-4-6-16/h2-7,10,13-15,18-20H,8-9,11-12,29H2,1H3,(H,30,31,34). The lowest BCUT2D eigenvalue weighted by Gasteiger charge is -2.38. The van der Waals surface area contributed by atoms with E-state index in [1.165, 1.54) is 23.2 Å². The van der Waals surface area contributed by atoms with Crippen molar-refractivity contribution in [1.29, 1.82) is 0 Å². The fourth-order valence-corrected chi connectivity index (χ4v) is 7.57. The van der Waals surface area contributed by atoms with E-state index in [0.29, 0.717) is 41.0 Å². The van der Waals surface area contributed by atoms with Gasteiger partial charge in [0.15, 0.2) is 21.7 Å². The number of benzene rings is 1. The number of carbonyl (C=O) groups excluding carboxylic acids is 1. The van der Waals surface area contributed by atoms with Crippen LogP contribution in [0.25, 0.3) is 28.0 Å². The van der Waals surface area contributed by atoms with E-state index >= 15 is 0 Å². The molecule has 2 aliphatic heterocycles. The Bertz CT molecular complexity index is 1930. The quantitative estimate of drug-likeness (QED) is 0.231. The Morgan fingerprint density at radius 3 is 2.48 bits per heavy atom. The van der Waals surface area contributed by atoms with E-state index in [2.05, 4.69) is 20.3 Å². The number of rotatable bonds is 5. The van der Waals surface area contributed by atoms with E-state index in [4.69, 9.17) is 10.7 Å². The Labute approximate surface area is 240 Å². The molecule has 2 fully saturated rings. The molecule has 6 heterocycles. The molecule has 214 valence electrons. The number of hydrogen-bond donors (Lipinski definition) is 2. The number of anilines is 1. The molecular weight excluding hydrogens is 558 g/mol. The second kappa shape index (κ2) is 9.62. The number of nitrogens with two attached hydrogens (primary N) is 1. The van der Waals surface area contributed by atoms with Gasteiger partial charge in [-0.15, -0.1) is 0 Å². The minimum atomic E-state index is -3.79. The number of aromatic nitrogens is 7. The van der Waals surface area contributed by atoms with Crippen LogP contribution in [0.2, 0.25) is 0 Å². The highest BCUT2D eigenvalue weighted by Crippen LogP contribution is 2.45. The highest BCUT2D eigenvalue weighted by Gasteiger charge is 2.46. The lowest BCUT2D eigenvalue weighted by molar-refractivity contribution is -0.593. The first-order valence-corrected chi connectivity index (χ1v) is 15.4. The zero-order valence-corrected chi connectivity index (χ0v) is 23.4. The van der Waals surface area contributed by atoms with E-state index in [9.17, 15) is 18.4 Å². The van der Waals surface area contributed by atoms with Crippen LogP contribution in [0.5, 0.6) is 0 Å². The molecule has 3 N–H and O–H groups in total. The maximum atomic E-state index is 13.2. The van der Waals surface area contributed by atoms with E-state index < -0.39 is 9.84 Å². The van der Waals surface area contributed by atoms with Crippen molar-refractivity contribution in [2.45, 2.75) is 48.6 Å². The summed E-state index contributed by atoms with van der Waals surface area (Å²) >= 11 is 0. The molecule has 0 spiro atoms. The molecule has 1 amide bonds. The number of fused-ring (bicyclic) bond motifs is 3. The van der Waals surface area contributed by atoms with Crippen molar-refractivity contribution in [2.24, 2.45) is 0 Å². The first-order chi connectivity index (χ1) is 20.2. The lowest BCUT2D eigenvalue weighted by atomic mass is 9.87. The Hall–Kier alpha value is -4.85. The fraction of sp³-hybridized carbons (Fsp3) is 0.286. The number of sulfone groups is 1. The maximum absolute atomic E-state index is 13.2. The van der Waals surface area contributed by atoms with Gasteiger partial charge < -0.3 is 15.8 Å². The molecule has 13 nitrogen and oxygen atoms in total. The van der Waals surface area contributed by atoms with Crippen LogP contribution in [-0.2, 0) is 9.84 Å². The smallest absolute Gasteiger partial charge is 0.291 e. The molecule has 2 bridgehead atoms. The van der Waals surface area contributed by atoms with Crippen LogP contribution >= 0.6 is 0 Å². The van der Waals surface area contributed by atoms with Crippen LogP contribution < -0.4 is 10.5 Å². The number of amides is 1. The number of pyridine rings is 1. The first kappa shape index (κ1) is 26.1. The Balaban J connectivity index is 1.30. The molecule has 1 aromatic carbocycles. The van der Waals surface area contributed by atoms with Crippen LogP contribution in [-0.4, -0.2) is 67.3 Å². The number of nitrogen functional groups attached to an aromatic ring is 1. The Morgan fingerprint density at radius 1 is 1.10 bits per heavy atom. The Kier molecular flexibility index (Phi) is 5.97. The summed E-state index contributed by atoms with van der Waals surface area (Å²) in [6, 6.07) is 12.7. The van der Waals surface area contributed by atoms with Crippen LogP contribution in [0.15, 0.2) is 66.1 Å². The van der Waals surface area contributed by atoms with E-state index in [-0.39, 0.29) is 40.4 Å². The summed E-state index contributed by atoms with van der Waals surface area (Å²) in [6.45, 7) is 0. The SMILES string of the molecule is CS(=O)(=O)c1c(C2CC3CCC(C2)N3C(=O)c2ncn[nH]2)nc2c(-c3ccc(-c4ccccc4)[n+]([O-])c3)cnn2c1N. The van der Waals surface area contributed by atoms with Gasteiger partial charge in [0.1, 0.15) is 17.0 Å². The number of aromatic amines is 1. The van der Waals surface area contributed by atoms with Gasteiger partial charge in [-0.3, -0.25) is 9.89 Å². The molecule has 14 heteroatoms. The van der Waals surface area contributed by atoms with Crippen molar-refractivity contribution in [1.82, 2.24) is 34.7 Å². The highest BCUT2D eigenvalue weighted by molar-refractivity contribution is 7.91. The average molecular weight is 586 g/mol. The molecule has 0 aliphatic carbocycles. The van der Waals surface area contributed by atoms with Crippen LogP contribution in [0.1, 0.15) is 47.9 Å². The van der Waals surface area contributed by atoms with E-state index in [0.717, 1.165) is 29.4 Å². The number of hydrogen-bond acceptors (Lipinski definition) is 9. The molecule has 2 unspecified atom stereocenters. The molecule has 5 aromatic rings. The van der Waals surface area contributed by atoms with Gasteiger partial charge in [0, 0.05) is 35.9 Å². The van der Waals surface area contributed by atoms with Crippen molar-refractivity contribution in [2.75, 3.05) is 12.0 Å². The molecule has 4 aromatic heterocycles. The van der Waals surface area contributed by atoms with Gasteiger partial charge in [-0.05, 0) is 43.9 Å². The minimum absolute atomic E-state index is 0.0350. The van der Waals surface area contributed by atoms with E-state index in [1.54, 1.807) is 6.07 Å². The van der Waals surface area contributed by atoms with Crippen molar-refractivity contribution in [3.63, 3.8) is 0 Å². The van der Waals surface area contributed by atoms with Crippen molar-refractivity contribution in [3.05, 3.63) is 77.9 Å². The maximum Gasteiger partial charge on any atom is 0.291 e. The number of nitrogens with zero attached hydrogens (tertiary/aromatic N) is 7. The van der Waals surface area contributed by atoms with Gasteiger partial charge in [0.25, 0.3) is 5.91 Å². The third kappa shape index (κ3) is 4.17. The fourth-order valence-electron chi connectivity index (χ4n) is 6.51. The number of H-pyrrole nitrogens is 1. The Morgan fingerprint density at radius 2 is 1.83 bits per heavy atom. The van der Waals surface area contributed by atoms with Crippen molar-refractivity contribution in [3.8, 4) is 22.4 Å². The monoisotopic (exact) mass is 585 g/mol. The number of piperidine rings is 1. The summed E-state index contributed by atoms with van der Waals surface area (Å²) in [4.78, 5) is 23.8.